The van der Waals surface area contributed by atoms with E-state index in [0.29, 0.717) is 30.3 Å². The van der Waals surface area contributed by atoms with Crippen LogP contribution in [0, 0.1) is 0 Å². The lowest BCUT2D eigenvalue weighted by Crippen LogP contribution is -2.55. The Bertz CT molecular complexity index is 476. The van der Waals surface area contributed by atoms with Crippen molar-refractivity contribution in [2.45, 2.75) is 19.4 Å². The SMILES string of the molecule is CC1(C)COCCN1C(=O)c1ccc(Br)c(Cl)c1. The van der Waals surface area contributed by atoms with Gasteiger partial charge in [-0.25, -0.2) is 0 Å². The molecule has 2 rings (SSSR count). The van der Waals surface area contributed by atoms with E-state index in [9.17, 15) is 4.79 Å². The van der Waals surface area contributed by atoms with E-state index in [4.69, 9.17) is 16.3 Å². The zero-order chi connectivity index (χ0) is 13.3. The van der Waals surface area contributed by atoms with Gasteiger partial charge in [-0.3, -0.25) is 4.79 Å². The molecule has 1 aliphatic rings. The molecule has 1 amide bonds. The molecule has 1 aromatic carbocycles. The van der Waals surface area contributed by atoms with E-state index >= 15 is 0 Å². The van der Waals surface area contributed by atoms with E-state index in [1.807, 2.05) is 18.7 Å². The highest BCUT2D eigenvalue weighted by atomic mass is 79.9. The summed E-state index contributed by atoms with van der Waals surface area (Å²) in [5, 5.41) is 0.548. The molecule has 1 fully saturated rings. The number of rotatable bonds is 1. The van der Waals surface area contributed by atoms with Gasteiger partial charge in [0, 0.05) is 16.6 Å². The van der Waals surface area contributed by atoms with Gasteiger partial charge in [0.25, 0.3) is 5.91 Å². The first kappa shape index (κ1) is 13.8. The van der Waals surface area contributed by atoms with Crippen LogP contribution in [0.4, 0.5) is 0 Å². The minimum absolute atomic E-state index is 0.00213. The summed E-state index contributed by atoms with van der Waals surface area (Å²) in [5.41, 5.74) is 0.327. The standard InChI is InChI=1S/C13H15BrClNO2/c1-13(2)8-18-6-5-16(13)12(17)9-3-4-10(14)11(15)7-9/h3-4,7H,5-6,8H2,1-2H3. The van der Waals surface area contributed by atoms with E-state index in [2.05, 4.69) is 15.9 Å². The van der Waals surface area contributed by atoms with Crippen molar-refractivity contribution in [1.29, 1.82) is 0 Å². The first-order chi connectivity index (χ1) is 8.42. The Morgan fingerprint density at radius 2 is 2.22 bits per heavy atom. The van der Waals surface area contributed by atoms with Crippen molar-refractivity contribution < 1.29 is 9.53 Å². The van der Waals surface area contributed by atoms with Crippen molar-refractivity contribution in [1.82, 2.24) is 4.90 Å². The van der Waals surface area contributed by atoms with Gasteiger partial charge in [-0.1, -0.05) is 11.6 Å². The Balaban J connectivity index is 2.27. The quantitative estimate of drug-likeness (QED) is 0.789. The summed E-state index contributed by atoms with van der Waals surface area (Å²) in [6.07, 6.45) is 0. The number of amides is 1. The average Bonchev–Trinajstić information content (AvgIpc) is 2.31. The molecule has 0 aliphatic carbocycles. The van der Waals surface area contributed by atoms with Gasteiger partial charge in [-0.05, 0) is 48.0 Å². The predicted molar refractivity (Wildman–Crippen MR) is 75.1 cm³/mol. The topological polar surface area (TPSA) is 29.5 Å². The highest BCUT2D eigenvalue weighted by Crippen LogP contribution is 2.26. The lowest BCUT2D eigenvalue weighted by Gasteiger charge is -2.42. The number of halogens is 2. The Labute approximate surface area is 120 Å². The Kier molecular flexibility index (Phi) is 3.99. The summed E-state index contributed by atoms with van der Waals surface area (Å²) >= 11 is 9.35. The lowest BCUT2D eigenvalue weighted by atomic mass is 10.0. The summed E-state index contributed by atoms with van der Waals surface area (Å²) in [6, 6.07) is 5.27. The molecule has 0 atom stereocenters. The second kappa shape index (κ2) is 5.19. The molecule has 0 N–H and O–H groups in total. The van der Waals surface area contributed by atoms with Crippen molar-refractivity contribution in [3.05, 3.63) is 33.3 Å². The number of morpholine rings is 1. The largest absolute Gasteiger partial charge is 0.377 e. The fourth-order valence-electron chi connectivity index (χ4n) is 2.02. The first-order valence-corrected chi connectivity index (χ1v) is 6.94. The second-order valence-electron chi connectivity index (χ2n) is 4.95. The summed E-state index contributed by atoms with van der Waals surface area (Å²) in [5.74, 6) is -0.00213. The molecular weight excluding hydrogens is 318 g/mol. The molecule has 18 heavy (non-hydrogen) atoms. The van der Waals surface area contributed by atoms with Gasteiger partial charge in [0.1, 0.15) is 0 Å². The average molecular weight is 333 g/mol. The Morgan fingerprint density at radius 1 is 1.50 bits per heavy atom. The molecule has 3 nitrogen and oxygen atoms in total. The summed E-state index contributed by atoms with van der Waals surface area (Å²) in [7, 11) is 0. The molecule has 1 saturated heterocycles. The van der Waals surface area contributed by atoms with E-state index in [-0.39, 0.29) is 11.4 Å². The van der Waals surface area contributed by atoms with Crippen molar-refractivity contribution in [2.75, 3.05) is 19.8 Å². The van der Waals surface area contributed by atoms with Crippen molar-refractivity contribution in [3.63, 3.8) is 0 Å². The zero-order valence-corrected chi connectivity index (χ0v) is 12.7. The fourth-order valence-corrected chi connectivity index (χ4v) is 2.45. The van der Waals surface area contributed by atoms with E-state index in [1.54, 1.807) is 18.2 Å². The van der Waals surface area contributed by atoms with Gasteiger partial charge >= 0.3 is 0 Å². The predicted octanol–water partition coefficient (Wildman–Crippen LogP) is 3.35. The molecule has 1 aliphatic heterocycles. The van der Waals surface area contributed by atoms with E-state index in [1.165, 1.54) is 0 Å². The van der Waals surface area contributed by atoms with Gasteiger partial charge in [0.05, 0.1) is 23.8 Å². The molecule has 0 radical (unpaired) electrons. The maximum absolute atomic E-state index is 12.5. The van der Waals surface area contributed by atoms with Crippen LogP contribution in [-0.2, 0) is 4.74 Å². The second-order valence-corrected chi connectivity index (χ2v) is 6.21. The first-order valence-electron chi connectivity index (χ1n) is 5.76. The molecule has 1 heterocycles. The van der Waals surface area contributed by atoms with Gasteiger partial charge < -0.3 is 9.64 Å². The van der Waals surface area contributed by atoms with Crippen LogP contribution >= 0.6 is 27.5 Å². The van der Waals surface area contributed by atoms with Gasteiger partial charge in [0.2, 0.25) is 0 Å². The highest BCUT2D eigenvalue weighted by molar-refractivity contribution is 9.10. The number of carbonyl (C=O) groups is 1. The third-order valence-corrected chi connectivity index (χ3v) is 4.29. The highest BCUT2D eigenvalue weighted by Gasteiger charge is 2.34. The van der Waals surface area contributed by atoms with Crippen LogP contribution in [0.5, 0.6) is 0 Å². The van der Waals surface area contributed by atoms with Crippen LogP contribution in [0.15, 0.2) is 22.7 Å². The van der Waals surface area contributed by atoms with Crippen LogP contribution in [0.2, 0.25) is 5.02 Å². The van der Waals surface area contributed by atoms with Crippen LogP contribution in [0.1, 0.15) is 24.2 Å². The molecule has 1 aromatic rings. The van der Waals surface area contributed by atoms with Crippen molar-refractivity contribution in [2.24, 2.45) is 0 Å². The van der Waals surface area contributed by atoms with Gasteiger partial charge in [-0.2, -0.15) is 0 Å². The molecule has 98 valence electrons. The third-order valence-electron chi connectivity index (χ3n) is 3.06. The maximum Gasteiger partial charge on any atom is 0.254 e. The molecule has 5 heteroatoms. The number of hydrogen-bond donors (Lipinski definition) is 0. The monoisotopic (exact) mass is 331 g/mol. The van der Waals surface area contributed by atoms with Gasteiger partial charge in [-0.15, -0.1) is 0 Å². The van der Waals surface area contributed by atoms with Crippen molar-refractivity contribution in [3.8, 4) is 0 Å². The van der Waals surface area contributed by atoms with Crippen LogP contribution in [0.25, 0.3) is 0 Å². The van der Waals surface area contributed by atoms with Gasteiger partial charge in [0.15, 0.2) is 0 Å². The number of ether oxygens (including phenoxy) is 1. The van der Waals surface area contributed by atoms with Crippen LogP contribution < -0.4 is 0 Å². The van der Waals surface area contributed by atoms with Crippen LogP contribution in [-0.4, -0.2) is 36.1 Å². The molecule has 0 bridgehead atoms. The van der Waals surface area contributed by atoms with Crippen LogP contribution in [0.3, 0.4) is 0 Å². The zero-order valence-electron chi connectivity index (χ0n) is 10.4. The van der Waals surface area contributed by atoms with E-state index in [0.717, 1.165) is 4.47 Å². The lowest BCUT2D eigenvalue weighted by molar-refractivity contribution is -0.0370. The summed E-state index contributed by atoms with van der Waals surface area (Å²) in [4.78, 5) is 14.3. The normalized spacial score (nSPS) is 18.8. The minimum atomic E-state index is -0.283. The van der Waals surface area contributed by atoms with E-state index < -0.39 is 0 Å². The molecule has 0 spiro atoms. The molecule has 0 unspecified atom stereocenters. The molecule has 0 saturated carbocycles. The molecule has 0 aromatic heterocycles. The Morgan fingerprint density at radius 3 is 2.83 bits per heavy atom. The Hall–Kier alpha value is -0.580. The fraction of sp³-hybridized carbons (Fsp3) is 0.462. The summed E-state index contributed by atoms with van der Waals surface area (Å²) < 4.78 is 6.21. The minimum Gasteiger partial charge on any atom is -0.377 e. The smallest absolute Gasteiger partial charge is 0.254 e. The third kappa shape index (κ3) is 2.71. The maximum atomic E-state index is 12.5. The number of nitrogens with zero attached hydrogens (tertiary/aromatic N) is 1. The van der Waals surface area contributed by atoms with Crippen molar-refractivity contribution >= 4 is 33.4 Å². The number of hydrogen-bond acceptors (Lipinski definition) is 2. The molecular formula is C13H15BrClNO2. The summed E-state index contributed by atoms with van der Waals surface area (Å²) in [6.45, 7) is 5.76. The number of carbonyl (C=O) groups excluding carboxylic acids is 1. The number of benzene rings is 1.